The first-order valence-corrected chi connectivity index (χ1v) is 27.1. The molecule has 74 heavy (non-hydrogen) atoms. The van der Waals surface area contributed by atoms with Gasteiger partial charge in [-0.25, -0.2) is 0 Å². The molecule has 0 spiro atoms. The number of carbonyl (C=O) groups excluding carboxylic acids is 1. The summed E-state index contributed by atoms with van der Waals surface area (Å²) in [6.45, 7) is 18.2. The molecule has 29 atom stereocenters. The maximum absolute atomic E-state index is 15.1. The maximum atomic E-state index is 15.1. The lowest BCUT2D eigenvalue weighted by molar-refractivity contribution is -0.361. The molecule has 12 N–H and O–H groups in total. The van der Waals surface area contributed by atoms with E-state index in [2.05, 4.69) is 41.2 Å². The van der Waals surface area contributed by atoms with Gasteiger partial charge in [-0.2, -0.15) is 0 Å². The van der Waals surface area contributed by atoms with Gasteiger partial charge < -0.3 is 99.2 Å². The first-order chi connectivity index (χ1) is 34.7. The Balaban J connectivity index is 0.878. The Morgan fingerprint density at radius 3 is 1.95 bits per heavy atom. The molecule has 4 saturated heterocycles. The van der Waals surface area contributed by atoms with Crippen molar-refractivity contribution < 1.29 is 104 Å². The molecule has 9 aliphatic rings. The number of ether oxygens (including phenoxy) is 8. The van der Waals surface area contributed by atoms with Crippen molar-refractivity contribution in [3.63, 3.8) is 0 Å². The molecule has 9 fully saturated rings. The molecule has 5 aliphatic carbocycles. The third kappa shape index (κ3) is 9.08. The van der Waals surface area contributed by atoms with E-state index in [0.29, 0.717) is 25.2 Å². The predicted molar refractivity (Wildman–Crippen MR) is 255 cm³/mol. The Morgan fingerprint density at radius 2 is 1.26 bits per heavy atom. The van der Waals surface area contributed by atoms with Gasteiger partial charge in [0.1, 0.15) is 85.5 Å². The third-order valence-electron chi connectivity index (χ3n) is 21.4. The van der Waals surface area contributed by atoms with Crippen molar-refractivity contribution in [1.29, 1.82) is 0 Å². The van der Waals surface area contributed by atoms with Gasteiger partial charge in [0, 0.05) is 0 Å². The minimum Gasteiger partial charge on any atom is -0.432 e. The topological polar surface area (TPSA) is 334 Å². The lowest BCUT2D eigenvalue weighted by Crippen LogP contribution is -2.67. The van der Waals surface area contributed by atoms with Gasteiger partial charge in [-0.05, 0) is 129 Å². The van der Waals surface area contributed by atoms with Gasteiger partial charge in [0.2, 0.25) is 6.29 Å². The molecule has 0 aromatic heterocycles. The van der Waals surface area contributed by atoms with Crippen LogP contribution in [0.2, 0.25) is 0 Å². The van der Waals surface area contributed by atoms with E-state index in [1.807, 2.05) is 6.92 Å². The highest BCUT2D eigenvalue weighted by molar-refractivity contribution is 5.78. The lowest BCUT2D eigenvalue weighted by Gasteiger charge is -2.73. The van der Waals surface area contributed by atoms with Crippen molar-refractivity contribution in [2.45, 2.75) is 235 Å². The smallest absolute Gasteiger partial charge is 0.314 e. The molecule has 0 aromatic carbocycles. The van der Waals surface area contributed by atoms with Crippen LogP contribution in [0.3, 0.4) is 0 Å². The van der Waals surface area contributed by atoms with Crippen LogP contribution in [0.15, 0.2) is 12.2 Å². The molecular weight excluding hydrogens is 973 g/mol. The minimum absolute atomic E-state index is 0.0156. The van der Waals surface area contributed by atoms with E-state index in [-0.39, 0.29) is 58.0 Å². The molecule has 21 nitrogen and oxygen atoms in total. The fourth-order valence-electron chi connectivity index (χ4n) is 17.0. The second-order valence-electron chi connectivity index (χ2n) is 25.3. The van der Waals surface area contributed by atoms with Crippen LogP contribution in [-0.2, 0) is 42.7 Å². The van der Waals surface area contributed by atoms with Crippen LogP contribution < -0.4 is 0 Å². The normalized spacial score (nSPS) is 55.3. The third-order valence-corrected chi connectivity index (χ3v) is 21.4. The van der Waals surface area contributed by atoms with Crippen molar-refractivity contribution in [1.82, 2.24) is 0 Å². The van der Waals surface area contributed by atoms with Crippen LogP contribution in [0.1, 0.15) is 113 Å². The molecule has 0 radical (unpaired) electrons. The zero-order valence-electron chi connectivity index (χ0n) is 43.9. The molecule has 0 aromatic rings. The SMILES string of the molecule is C=C(C)C1CCC2(C(=O)OC3OC(COC4OC(CO)C(OC5OC(C)C(O)C(O)C5O)C(O)C4O)C(O)C(O)C3O)CCC3(C)C(CCC4C5(C)CCC(OC6OCC(O)C(O)C6O)C(C)(C)C5CCC43C)C12. The minimum atomic E-state index is -1.86. The Bertz CT molecular complexity index is 2010. The quantitative estimate of drug-likeness (QED) is 0.0704. The van der Waals surface area contributed by atoms with E-state index in [4.69, 9.17) is 37.9 Å². The number of esters is 1. The van der Waals surface area contributed by atoms with Crippen LogP contribution >= 0.6 is 0 Å². The van der Waals surface area contributed by atoms with Crippen molar-refractivity contribution in [2.75, 3.05) is 19.8 Å². The van der Waals surface area contributed by atoms with Crippen LogP contribution in [0.5, 0.6) is 0 Å². The van der Waals surface area contributed by atoms with E-state index in [0.717, 1.165) is 50.5 Å². The number of aliphatic hydroxyl groups excluding tert-OH is 12. The number of allylic oxidation sites excluding steroid dienone is 1. The maximum Gasteiger partial charge on any atom is 0.314 e. The summed E-state index contributed by atoms with van der Waals surface area (Å²) in [6.07, 6.45) is -21.6. The fourth-order valence-corrected chi connectivity index (χ4v) is 17.0. The van der Waals surface area contributed by atoms with Gasteiger partial charge in [0.05, 0.1) is 37.4 Å². The standard InChI is InChI=1S/C53H86O21/c1-22(2)24-11-16-53(18-17-51(7)25(32(24)53)9-10-30-50(6)14-13-31(49(4,5)29(50)12-15-52(30,51)8)72-45-39(62)34(57)26(55)20-67-45)48(66)74-47-41(64)37(60)35(58)28(71-47)21-68-44-42(65)38(61)43(27(19-54)70-44)73-46-40(63)36(59)33(56)23(3)69-46/h23-47,54-65H,1,9-21H2,2-8H3. The zero-order chi connectivity index (χ0) is 53.9. The van der Waals surface area contributed by atoms with E-state index in [1.165, 1.54) is 6.92 Å². The molecule has 9 rings (SSSR count). The first-order valence-electron chi connectivity index (χ1n) is 27.1. The van der Waals surface area contributed by atoms with Crippen molar-refractivity contribution in [3.05, 3.63) is 12.2 Å². The number of hydrogen-bond acceptors (Lipinski definition) is 21. The van der Waals surface area contributed by atoms with Crippen molar-refractivity contribution in [2.24, 2.45) is 56.7 Å². The van der Waals surface area contributed by atoms with Crippen LogP contribution in [0.4, 0.5) is 0 Å². The summed E-state index contributed by atoms with van der Waals surface area (Å²) in [4.78, 5) is 15.1. The molecule has 29 unspecified atom stereocenters. The van der Waals surface area contributed by atoms with Gasteiger partial charge in [-0.3, -0.25) is 4.79 Å². The molecule has 5 saturated carbocycles. The molecule has 21 heteroatoms. The van der Waals surface area contributed by atoms with Crippen LogP contribution in [0, 0.1) is 56.7 Å². The summed E-state index contributed by atoms with van der Waals surface area (Å²) in [5.41, 5.74) is -0.607. The Labute approximate surface area is 433 Å². The summed E-state index contributed by atoms with van der Waals surface area (Å²) in [6, 6.07) is 0. The largest absolute Gasteiger partial charge is 0.432 e. The zero-order valence-corrected chi connectivity index (χ0v) is 43.9. The highest BCUT2D eigenvalue weighted by Crippen LogP contribution is 2.78. The highest BCUT2D eigenvalue weighted by atomic mass is 16.8. The number of rotatable bonds is 11. The number of carbonyl (C=O) groups is 1. The summed E-state index contributed by atoms with van der Waals surface area (Å²) < 4.78 is 47.1. The van der Waals surface area contributed by atoms with E-state index in [9.17, 15) is 61.3 Å². The van der Waals surface area contributed by atoms with Gasteiger partial charge in [0.15, 0.2) is 18.9 Å². The second kappa shape index (κ2) is 20.8. The molecule has 0 bridgehead atoms. The number of aliphatic hydroxyl groups is 12. The van der Waals surface area contributed by atoms with Gasteiger partial charge in [-0.15, -0.1) is 0 Å². The molecule has 0 amide bonds. The second-order valence-corrected chi connectivity index (χ2v) is 25.3. The molecule has 4 heterocycles. The first kappa shape index (κ1) is 57.1. The Hall–Kier alpha value is -1.55. The summed E-state index contributed by atoms with van der Waals surface area (Å²) >= 11 is 0. The number of fused-ring (bicyclic) bond motifs is 7. The average molecular weight is 1060 g/mol. The van der Waals surface area contributed by atoms with Crippen LogP contribution in [0.25, 0.3) is 0 Å². The lowest BCUT2D eigenvalue weighted by atomic mass is 9.32. The van der Waals surface area contributed by atoms with E-state index in [1.54, 1.807) is 0 Å². The molecular formula is C53H86O21. The van der Waals surface area contributed by atoms with Gasteiger partial charge in [0.25, 0.3) is 0 Å². The van der Waals surface area contributed by atoms with Crippen molar-refractivity contribution in [3.8, 4) is 0 Å². The summed E-state index contributed by atoms with van der Waals surface area (Å²) in [7, 11) is 0. The monoisotopic (exact) mass is 1060 g/mol. The fraction of sp³-hybridized carbons (Fsp3) is 0.943. The summed E-state index contributed by atoms with van der Waals surface area (Å²) in [5.74, 6) is 0.0743. The van der Waals surface area contributed by atoms with Crippen LogP contribution in [-0.4, -0.2) is 210 Å². The average Bonchev–Trinajstić information content (AvgIpc) is 3.76. The summed E-state index contributed by atoms with van der Waals surface area (Å²) in [5, 5.41) is 128. The number of hydrogen-bond donors (Lipinski definition) is 12. The van der Waals surface area contributed by atoms with Gasteiger partial charge in [-0.1, -0.05) is 46.8 Å². The van der Waals surface area contributed by atoms with E-state index >= 15 is 4.79 Å². The molecule has 4 aliphatic heterocycles. The Morgan fingerprint density at radius 1 is 0.608 bits per heavy atom. The van der Waals surface area contributed by atoms with Crippen molar-refractivity contribution >= 4 is 5.97 Å². The van der Waals surface area contributed by atoms with Gasteiger partial charge >= 0.3 is 5.97 Å². The predicted octanol–water partition coefficient (Wildman–Crippen LogP) is -0.513. The van der Waals surface area contributed by atoms with E-state index < -0.39 is 141 Å². The highest BCUT2D eigenvalue weighted by Gasteiger charge is 2.73. The Kier molecular flexibility index (Phi) is 16.1. The molecule has 424 valence electrons.